The Labute approximate surface area is 96.5 Å². The summed E-state index contributed by atoms with van der Waals surface area (Å²) in [6, 6.07) is 3.67. The molecule has 4 heteroatoms. The Hall–Kier alpha value is -0.840. The van der Waals surface area contributed by atoms with Crippen molar-refractivity contribution in [2.45, 2.75) is 39.3 Å². The molecule has 0 bridgehead atoms. The van der Waals surface area contributed by atoms with Gasteiger partial charge in [-0.15, -0.1) is 0 Å². The van der Waals surface area contributed by atoms with Gasteiger partial charge in [-0.3, -0.25) is 0 Å². The fraction of sp³-hybridized carbons (Fsp3) is 0.667. The van der Waals surface area contributed by atoms with Crippen molar-refractivity contribution in [3.8, 4) is 0 Å². The van der Waals surface area contributed by atoms with Crippen LogP contribution in [-0.2, 0) is 14.2 Å². The Balaban J connectivity index is 0.000000212. The van der Waals surface area contributed by atoms with Crippen LogP contribution in [0.1, 0.15) is 26.7 Å². The van der Waals surface area contributed by atoms with Gasteiger partial charge in [0.05, 0.1) is 12.5 Å². The van der Waals surface area contributed by atoms with Gasteiger partial charge in [0.15, 0.2) is 12.6 Å². The van der Waals surface area contributed by atoms with Crippen LogP contribution in [0.3, 0.4) is 0 Å². The Morgan fingerprint density at radius 1 is 1.00 bits per heavy atom. The maximum atomic E-state index is 5.40. The highest BCUT2D eigenvalue weighted by Crippen LogP contribution is 2.20. The first kappa shape index (κ1) is 13.2. The average Bonchev–Trinajstić information content (AvgIpc) is 2.92. The van der Waals surface area contributed by atoms with Crippen molar-refractivity contribution >= 4 is 0 Å². The molecule has 0 radical (unpaired) electrons. The minimum Gasteiger partial charge on any atom is -0.473 e. The molecule has 0 saturated carbocycles. The summed E-state index contributed by atoms with van der Waals surface area (Å²) in [7, 11) is 0. The third-order valence-electron chi connectivity index (χ3n) is 2.07. The summed E-state index contributed by atoms with van der Waals surface area (Å²) in [5, 5.41) is 0. The lowest BCUT2D eigenvalue weighted by atomic mass is 10.3. The van der Waals surface area contributed by atoms with Gasteiger partial charge in [0, 0.05) is 26.1 Å². The standard InChI is InChI=1S/C8H16O3.C4H4O/c1-3-9-7-5-6-8(11-7)10-4-2;1-2-4-5-3-1/h7-8H,3-6H2,1-2H3;1-4H. The van der Waals surface area contributed by atoms with Crippen LogP contribution < -0.4 is 0 Å². The van der Waals surface area contributed by atoms with E-state index in [1.54, 1.807) is 12.5 Å². The fourth-order valence-corrected chi connectivity index (χ4v) is 1.42. The predicted molar refractivity (Wildman–Crippen MR) is 59.9 cm³/mol. The first-order valence-corrected chi connectivity index (χ1v) is 5.72. The van der Waals surface area contributed by atoms with E-state index in [1.807, 2.05) is 26.0 Å². The van der Waals surface area contributed by atoms with Crippen LogP contribution in [0.25, 0.3) is 0 Å². The van der Waals surface area contributed by atoms with E-state index in [1.165, 1.54) is 0 Å². The minimum atomic E-state index is -0.0310. The van der Waals surface area contributed by atoms with Crippen molar-refractivity contribution < 1.29 is 18.6 Å². The molecule has 2 heterocycles. The summed E-state index contributed by atoms with van der Waals surface area (Å²) < 4.78 is 20.5. The van der Waals surface area contributed by atoms with Crippen LogP contribution in [0, 0.1) is 0 Å². The topological polar surface area (TPSA) is 40.8 Å². The van der Waals surface area contributed by atoms with Crippen LogP contribution in [0.4, 0.5) is 0 Å². The summed E-state index contributed by atoms with van der Waals surface area (Å²) in [5.74, 6) is 0. The summed E-state index contributed by atoms with van der Waals surface area (Å²) in [6.07, 6.45) is 5.10. The van der Waals surface area contributed by atoms with Crippen LogP contribution >= 0.6 is 0 Å². The number of ether oxygens (including phenoxy) is 3. The maximum absolute atomic E-state index is 5.40. The fourth-order valence-electron chi connectivity index (χ4n) is 1.42. The number of hydrogen-bond acceptors (Lipinski definition) is 4. The quantitative estimate of drug-likeness (QED) is 0.794. The largest absolute Gasteiger partial charge is 0.473 e. The van der Waals surface area contributed by atoms with E-state index < -0.39 is 0 Å². The molecule has 0 aromatic carbocycles. The first-order valence-electron chi connectivity index (χ1n) is 5.72. The first-order chi connectivity index (χ1) is 7.86. The van der Waals surface area contributed by atoms with E-state index in [0.29, 0.717) is 13.2 Å². The molecule has 0 spiro atoms. The molecule has 16 heavy (non-hydrogen) atoms. The number of rotatable bonds is 4. The lowest BCUT2D eigenvalue weighted by molar-refractivity contribution is -0.201. The molecule has 0 amide bonds. The van der Waals surface area contributed by atoms with Gasteiger partial charge in [0.2, 0.25) is 0 Å². The van der Waals surface area contributed by atoms with E-state index in [2.05, 4.69) is 4.42 Å². The van der Waals surface area contributed by atoms with Crippen molar-refractivity contribution in [3.63, 3.8) is 0 Å². The lowest BCUT2D eigenvalue weighted by Crippen LogP contribution is -2.16. The second-order valence-electron chi connectivity index (χ2n) is 3.28. The van der Waals surface area contributed by atoms with E-state index in [9.17, 15) is 0 Å². The zero-order valence-electron chi connectivity index (χ0n) is 9.93. The molecule has 0 N–H and O–H groups in total. The molecule has 1 aromatic heterocycles. The Kier molecular flexibility index (Phi) is 6.88. The molecular weight excluding hydrogens is 208 g/mol. The smallest absolute Gasteiger partial charge is 0.160 e. The van der Waals surface area contributed by atoms with Crippen LogP contribution in [0.2, 0.25) is 0 Å². The van der Waals surface area contributed by atoms with Crippen molar-refractivity contribution in [2.75, 3.05) is 13.2 Å². The second-order valence-corrected chi connectivity index (χ2v) is 3.28. The molecule has 2 rings (SSSR count). The van der Waals surface area contributed by atoms with E-state index in [0.717, 1.165) is 12.8 Å². The van der Waals surface area contributed by atoms with Crippen LogP contribution in [0.15, 0.2) is 29.1 Å². The molecular formula is C12H20O4. The lowest BCUT2D eigenvalue weighted by Gasteiger charge is -2.12. The minimum absolute atomic E-state index is 0.0310. The van der Waals surface area contributed by atoms with Crippen LogP contribution in [-0.4, -0.2) is 25.8 Å². The van der Waals surface area contributed by atoms with Crippen LogP contribution in [0.5, 0.6) is 0 Å². The monoisotopic (exact) mass is 228 g/mol. The molecule has 92 valence electrons. The third-order valence-corrected chi connectivity index (χ3v) is 2.07. The highest BCUT2D eigenvalue weighted by Gasteiger charge is 2.25. The second kappa shape index (κ2) is 8.33. The van der Waals surface area contributed by atoms with Gasteiger partial charge < -0.3 is 18.6 Å². The average molecular weight is 228 g/mol. The summed E-state index contributed by atoms with van der Waals surface area (Å²) in [6.45, 7) is 5.36. The summed E-state index contributed by atoms with van der Waals surface area (Å²) in [5.41, 5.74) is 0. The van der Waals surface area contributed by atoms with E-state index in [4.69, 9.17) is 14.2 Å². The summed E-state index contributed by atoms with van der Waals surface area (Å²) >= 11 is 0. The van der Waals surface area contributed by atoms with Gasteiger partial charge in [0.25, 0.3) is 0 Å². The van der Waals surface area contributed by atoms with Gasteiger partial charge in [-0.05, 0) is 26.0 Å². The number of furan rings is 1. The molecule has 1 fully saturated rings. The number of hydrogen-bond donors (Lipinski definition) is 0. The summed E-state index contributed by atoms with van der Waals surface area (Å²) in [4.78, 5) is 0. The van der Waals surface area contributed by atoms with Gasteiger partial charge >= 0.3 is 0 Å². The van der Waals surface area contributed by atoms with Crippen molar-refractivity contribution in [3.05, 3.63) is 24.7 Å². The van der Waals surface area contributed by atoms with Crippen molar-refractivity contribution in [1.29, 1.82) is 0 Å². The van der Waals surface area contributed by atoms with Gasteiger partial charge in [-0.25, -0.2) is 0 Å². The van der Waals surface area contributed by atoms with Gasteiger partial charge in [-0.1, -0.05) is 0 Å². The molecule has 1 aliphatic rings. The normalized spacial score (nSPS) is 23.9. The highest BCUT2D eigenvalue weighted by molar-refractivity contribution is 4.79. The van der Waals surface area contributed by atoms with Crippen molar-refractivity contribution in [2.24, 2.45) is 0 Å². The zero-order valence-corrected chi connectivity index (χ0v) is 9.93. The molecule has 1 aromatic rings. The van der Waals surface area contributed by atoms with E-state index >= 15 is 0 Å². The Morgan fingerprint density at radius 2 is 1.50 bits per heavy atom. The molecule has 4 nitrogen and oxygen atoms in total. The molecule has 1 saturated heterocycles. The molecule has 2 unspecified atom stereocenters. The van der Waals surface area contributed by atoms with E-state index in [-0.39, 0.29) is 12.6 Å². The SMILES string of the molecule is CCOC1CCC(OCC)O1.c1ccoc1. The molecule has 0 aliphatic carbocycles. The van der Waals surface area contributed by atoms with Gasteiger partial charge in [-0.2, -0.15) is 0 Å². The highest BCUT2D eigenvalue weighted by atomic mass is 16.8. The zero-order chi connectivity index (χ0) is 11.6. The Bertz CT molecular complexity index is 206. The molecule has 2 atom stereocenters. The third kappa shape index (κ3) is 5.30. The molecule has 1 aliphatic heterocycles. The predicted octanol–water partition coefficient (Wildman–Crippen LogP) is 2.80. The Morgan fingerprint density at radius 3 is 1.81 bits per heavy atom. The maximum Gasteiger partial charge on any atom is 0.160 e. The van der Waals surface area contributed by atoms with Gasteiger partial charge in [0.1, 0.15) is 0 Å². The van der Waals surface area contributed by atoms with Crippen molar-refractivity contribution in [1.82, 2.24) is 0 Å².